The minimum Gasteiger partial charge on any atom is -0.290 e. The van der Waals surface area contributed by atoms with E-state index >= 15 is 0 Å². The van der Waals surface area contributed by atoms with E-state index in [1.165, 1.54) is 11.8 Å². The molecular formula is C31H27Cl2N3O2S2. The number of aromatic nitrogens is 2. The zero-order chi connectivity index (χ0) is 27.9. The standard InChI is InChI=1S/C31H27Cl2N3O2S2/c1-40(37,38)25-10-5-8-22(18-25)30-14-15-31(39-30)29-19-24(34-36(29)28-12-3-2-11-26(28)33)20-35-16-6-13-27(35)21-7-4-9-23(32)17-21/h2-5,7-12,14-15,17-19,27H,6,13,16,20H2,1H3. The molecule has 3 heterocycles. The molecule has 0 amide bonds. The van der Waals surface area contributed by atoms with Gasteiger partial charge in [0.25, 0.3) is 0 Å². The molecule has 0 aliphatic carbocycles. The molecule has 0 bridgehead atoms. The van der Waals surface area contributed by atoms with Crippen molar-refractivity contribution < 1.29 is 8.42 Å². The summed E-state index contributed by atoms with van der Waals surface area (Å²) in [4.78, 5) is 4.77. The second-order valence-electron chi connectivity index (χ2n) is 10.0. The lowest BCUT2D eigenvalue weighted by molar-refractivity contribution is 0.245. The van der Waals surface area contributed by atoms with Crippen LogP contribution in [0.2, 0.25) is 10.0 Å². The summed E-state index contributed by atoms with van der Waals surface area (Å²) >= 11 is 14.5. The van der Waals surface area contributed by atoms with Gasteiger partial charge in [-0.25, -0.2) is 13.1 Å². The first kappa shape index (κ1) is 27.2. The van der Waals surface area contributed by atoms with E-state index in [0.29, 0.717) is 22.5 Å². The number of thiophene rings is 1. The number of rotatable bonds is 7. The van der Waals surface area contributed by atoms with Gasteiger partial charge < -0.3 is 0 Å². The molecular weight excluding hydrogens is 581 g/mol. The minimum atomic E-state index is -3.30. The Morgan fingerprint density at radius 2 is 1.73 bits per heavy atom. The fraction of sp³-hybridized carbons (Fsp3) is 0.194. The second-order valence-corrected chi connectivity index (χ2v) is 14.0. The highest BCUT2D eigenvalue weighted by Gasteiger charge is 2.27. The molecule has 9 heteroatoms. The number of sulfone groups is 1. The van der Waals surface area contributed by atoms with Crippen molar-refractivity contribution in [2.75, 3.05) is 12.8 Å². The molecule has 1 saturated heterocycles. The number of para-hydroxylation sites is 1. The Kier molecular flexibility index (Phi) is 7.59. The van der Waals surface area contributed by atoms with Gasteiger partial charge in [-0.3, -0.25) is 4.90 Å². The van der Waals surface area contributed by atoms with E-state index in [9.17, 15) is 8.42 Å². The molecule has 6 rings (SSSR count). The van der Waals surface area contributed by atoms with Gasteiger partial charge >= 0.3 is 0 Å². The molecule has 5 nitrogen and oxygen atoms in total. The van der Waals surface area contributed by atoms with Crippen LogP contribution in [-0.4, -0.2) is 35.9 Å². The first-order valence-electron chi connectivity index (χ1n) is 13.0. The van der Waals surface area contributed by atoms with Gasteiger partial charge in [-0.15, -0.1) is 11.3 Å². The number of nitrogens with zero attached hydrogens (tertiary/aromatic N) is 3. The predicted molar refractivity (Wildman–Crippen MR) is 164 cm³/mol. The van der Waals surface area contributed by atoms with E-state index in [2.05, 4.69) is 29.2 Å². The van der Waals surface area contributed by atoms with Gasteiger partial charge in [0.15, 0.2) is 9.84 Å². The van der Waals surface area contributed by atoms with Crippen molar-refractivity contribution >= 4 is 44.4 Å². The van der Waals surface area contributed by atoms with Crippen molar-refractivity contribution in [2.24, 2.45) is 0 Å². The third-order valence-electron chi connectivity index (χ3n) is 7.21. The molecule has 0 spiro atoms. The summed E-state index contributed by atoms with van der Waals surface area (Å²) in [5.74, 6) is 0. The maximum atomic E-state index is 12.1. The molecule has 1 atom stereocenters. The van der Waals surface area contributed by atoms with Gasteiger partial charge in [0, 0.05) is 28.7 Å². The van der Waals surface area contributed by atoms with E-state index in [-0.39, 0.29) is 0 Å². The quantitative estimate of drug-likeness (QED) is 0.187. The lowest BCUT2D eigenvalue weighted by Crippen LogP contribution is -2.23. The van der Waals surface area contributed by atoms with E-state index in [1.807, 2.05) is 53.2 Å². The van der Waals surface area contributed by atoms with Crippen molar-refractivity contribution in [3.63, 3.8) is 0 Å². The Bertz CT molecular complexity index is 1800. The summed E-state index contributed by atoms with van der Waals surface area (Å²) in [5.41, 5.74) is 4.81. The van der Waals surface area contributed by atoms with Crippen molar-refractivity contribution in [3.05, 3.63) is 112 Å². The highest BCUT2D eigenvalue weighted by atomic mass is 35.5. The van der Waals surface area contributed by atoms with Gasteiger partial charge in [-0.05, 0) is 85.1 Å². The molecule has 5 aromatic rings. The van der Waals surface area contributed by atoms with Gasteiger partial charge in [0.1, 0.15) is 0 Å². The predicted octanol–water partition coefficient (Wildman–Crippen LogP) is 8.32. The maximum Gasteiger partial charge on any atom is 0.175 e. The number of hydrogen-bond donors (Lipinski definition) is 0. The average molecular weight is 609 g/mol. The van der Waals surface area contributed by atoms with Gasteiger partial charge in [-0.1, -0.05) is 59.6 Å². The van der Waals surface area contributed by atoms with Gasteiger partial charge in [0.2, 0.25) is 0 Å². The third kappa shape index (κ3) is 5.62. The molecule has 3 aromatic carbocycles. The minimum absolute atomic E-state index is 0.295. The third-order valence-corrected chi connectivity index (χ3v) is 10.0. The van der Waals surface area contributed by atoms with Gasteiger partial charge in [-0.2, -0.15) is 5.10 Å². The number of likely N-dealkylation sites (tertiary alicyclic amines) is 1. The van der Waals surface area contributed by atoms with Crippen molar-refractivity contribution in [3.8, 4) is 26.7 Å². The lowest BCUT2D eigenvalue weighted by Gasteiger charge is -2.24. The summed E-state index contributed by atoms with van der Waals surface area (Å²) in [6.07, 6.45) is 3.43. The largest absolute Gasteiger partial charge is 0.290 e. The molecule has 2 aromatic heterocycles. The molecule has 1 aliphatic heterocycles. The van der Waals surface area contributed by atoms with Crippen LogP contribution in [0.1, 0.15) is 30.1 Å². The van der Waals surface area contributed by atoms with Crippen molar-refractivity contribution in [1.29, 1.82) is 0 Å². The van der Waals surface area contributed by atoms with Crippen LogP contribution >= 0.6 is 34.5 Å². The molecule has 204 valence electrons. The first-order chi connectivity index (χ1) is 19.3. The second kappa shape index (κ2) is 11.1. The summed E-state index contributed by atoms with van der Waals surface area (Å²) in [5, 5.41) is 6.42. The fourth-order valence-electron chi connectivity index (χ4n) is 5.32. The molecule has 40 heavy (non-hydrogen) atoms. The lowest BCUT2D eigenvalue weighted by atomic mass is 10.0. The molecule has 1 aliphatic rings. The Balaban J connectivity index is 1.37. The van der Waals surface area contributed by atoms with Crippen molar-refractivity contribution in [2.45, 2.75) is 30.3 Å². The van der Waals surface area contributed by atoms with Crippen LogP contribution in [0.15, 0.2) is 95.9 Å². The van der Waals surface area contributed by atoms with E-state index < -0.39 is 9.84 Å². The molecule has 0 saturated carbocycles. The van der Waals surface area contributed by atoms with E-state index in [4.69, 9.17) is 28.3 Å². The summed E-state index contributed by atoms with van der Waals surface area (Å²) in [7, 11) is -3.30. The molecule has 0 radical (unpaired) electrons. The summed E-state index contributed by atoms with van der Waals surface area (Å²) in [6.45, 7) is 1.70. The number of benzene rings is 3. The maximum absolute atomic E-state index is 12.1. The Morgan fingerprint density at radius 1 is 0.925 bits per heavy atom. The SMILES string of the molecule is CS(=O)(=O)c1cccc(-c2ccc(-c3cc(CN4CCCC4c4cccc(Cl)c4)nn3-c3ccccc3Cl)s2)c1. The van der Waals surface area contributed by atoms with Crippen LogP contribution in [0.4, 0.5) is 0 Å². The highest BCUT2D eigenvalue weighted by Crippen LogP contribution is 2.39. The van der Waals surface area contributed by atoms with Crippen LogP contribution in [0.25, 0.3) is 26.7 Å². The Morgan fingerprint density at radius 3 is 2.52 bits per heavy atom. The normalized spacial score (nSPS) is 16.0. The summed E-state index contributed by atoms with van der Waals surface area (Å²) in [6, 6.07) is 29.4. The highest BCUT2D eigenvalue weighted by molar-refractivity contribution is 7.90. The monoisotopic (exact) mass is 607 g/mol. The topological polar surface area (TPSA) is 55.2 Å². The van der Waals surface area contributed by atoms with Crippen LogP contribution in [0.5, 0.6) is 0 Å². The van der Waals surface area contributed by atoms with Crippen LogP contribution in [0.3, 0.4) is 0 Å². The molecule has 1 unspecified atom stereocenters. The zero-order valence-corrected chi connectivity index (χ0v) is 24.9. The van der Waals surface area contributed by atoms with E-state index in [0.717, 1.165) is 56.8 Å². The summed E-state index contributed by atoms with van der Waals surface area (Å²) < 4.78 is 26.2. The average Bonchev–Trinajstić information content (AvgIpc) is 3.69. The van der Waals surface area contributed by atoms with Crippen LogP contribution < -0.4 is 0 Å². The van der Waals surface area contributed by atoms with E-state index in [1.54, 1.807) is 29.5 Å². The number of halogens is 2. The molecule has 1 fully saturated rings. The van der Waals surface area contributed by atoms with Crippen LogP contribution in [-0.2, 0) is 16.4 Å². The van der Waals surface area contributed by atoms with Crippen molar-refractivity contribution in [1.82, 2.24) is 14.7 Å². The zero-order valence-electron chi connectivity index (χ0n) is 21.8. The first-order valence-corrected chi connectivity index (χ1v) is 16.5. The number of hydrogen-bond acceptors (Lipinski definition) is 5. The van der Waals surface area contributed by atoms with Crippen LogP contribution in [0, 0.1) is 0 Å². The smallest absolute Gasteiger partial charge is 0.175 e. The molecule has 0 N–H and O–H groups in total. The Labute approximate surface area is 248 Å². The van der Waals surface area contributed by atoms with Gasteiger partial charge in [0.05, 0.1) is 31.9 Å². The Hall–Kier alpha value is -2.94. The fourth-order valence-corrected chi connectivity index (χ4v) is 7.40.